The van der Waals surface area contributed by atoms with Crippen molar-refractivity contribution in [2.75, 3.05) is 38.1 Å². The van der Waals surface area contributed by atoms with Gasteiger partial charge in [0, 0.05) is 39.8 Å². The standard InChI is InChI=1S/C25H27N3O2S/c1-26(25(30)23-13-7-18-31-23)22-12-6-5-11-21(22)24(29)28-15-8-14-27(16-17-28)19-20-9-3-2-4-10-20/h2-7,9-13,18H,8,14-17,19H2,1H3. The van der Waals surface area contributed by atoms with Crippen molar-refractivity contribution in [1.82, 2.24) is 9.80 Å². The van der Waals surface area contributed by atoms with Gasteiger partial charge in [0.1, 0.15) is 0 Å². The van der Waals surface area contributed by atoms with E-state index in [4.69, 9.17) is 0 Å². The fourth-order valence-corrected chi connectivity index (χ4v) is 4.66. The number of para-hydroxylation sites is 1. The number of hydrogen-bond acceptors (Lipinski definition) is 4. The maximum atomic E-state index is 13.4. The van der Waals surface area contributed by atoms with Crippen LogP contribution in [0.3, 0.4) is 0 Å². The van der Waals surface area contributed by atoms with Crippen LogP contribution < -0.4 is 4.90 Å². The lowest BCUT2D eigenvalue weighted by molar-refractivity contribution is 0.0762. The number of anilines is 1. The van der Waals surface area contributed by atoms with Crippen molar-refractivity contribution in [2.24, 2.45) is 0 Å². The monoisotopic (exact) mass is 433 g/mol. The number of rotatable bonds is 5. The van der Waals surface area contributed by atoms with Crippen LogP contribution in [0.15, 0.2) is 72.1 Å². The Hall–Kier alpha value is -2.96. The first-order valence-corrected chi connectivity index (χ1v) is 11.5. The van der Waals surface area contributed by atoms with Crippen LogP contribution >= 0.6 is 11.3 Å². The lowest BCUT2D eigenvalue weighted by atomic mass is 10.1. The molecule has 0 unspecified atom stereocenters. The lowest BCUT2D eigenvalue weighted by Crippen LogP contribution is -2.36. The predicted molar refractivity (Wildman–Crippen MR) is 126 cm³/mol. The first kappa shape index (κ1) is 21.3. The van der Waals surface area contributed by atoms with E-state index < -0.39 is 0 Å². The molecule has 1 saturated heterocycles. The van der Waals surface area contributed by atoms with Crippen molar-refractivity contribution in [3.63, 3.8) is 0 Å². The van der Waals surface area contributed by atoms with Crippen LogP contribution in [0.4, 0.5) is 5.69 Å². The van der Waals surface area contributed by atoms with Crippen LogP contribution in [0.25, 0.3) is 0 Å². The molecule has 1 aliphatic rings. The molecule has 160 valence electrons. The summed E-state index contributed by atoms with van der Waals surface area (Å²) in [5, 5.41) is 1.89. The molecule has 0 radical (unpaired) electrons. The fraction of sp³-hybridized carbons (Fsp3) is 0.280. The zero-order valence-electron chi connectivity index (χ0n) is 17.7. The molecule has 2 heterocycles. The molecule has 1 aromatic heterocycles. The molecule has 2 amide bonds. The normalized spacial score (nSPS) is 14.8. The molecule has 0 saturated carbocycles. The molecule has 0 atom stereocenters. The molecule has 5 nitrogen and oxygen atoms in total. The maximum Gasteiger partial charge on any atom is 0.268 e. The highest BCUT2D eigenvalue weighted by molar-refractivity contribution is 7.12. The quantitative estimate of drug-likeness (QED) is 0.600. The van der Waals surface area contributed by atoms with Crippen molar-refractivity contribution in [3.8, 4) is 0 Å². The van der Waals surface area contributed by atoms with Gasteiger partial charge in [0.2, 0.25) is 0 Å². The second kappa shape index (κ2) is 9.90. The van der Waals surface area contributed by atoms with Gasteiger partial charge in [-0.1, -0.05) is 48.5 Å². The molecular formula is C25H27N3O2S. The minimum Gasteiger partial charge on any atom is -0.337 e. The molecule has 31 heavy (non-hydrogen) atoms. The van der Waals surface area contributed by atoms with Crippen LogP contribution in [0.2, 0.25) is 0 Å². The summed E-state index contributed by atoms with van der Waals surface area (Å²) in [6.07, 6.45) is 0.935. The smallest absolute Gasteiger partial charge is 0.268 e. The number of carbonyl (C=O) groups is 2. The summed E-state index contributed by atoms with van der Waals surface area (Å²) in [4.78, 5) is 32.8. The fourth-order valence-electron chi connectivity index (χ4n) is 3.97. The number of amides is 2. The third-order valence-electron chi connectivity index (χ3n) is 5.66. The van der Waals surface area contributed by atoms with Gasteiger partial charge in [0.25, 0.3) is 11.8 Å². The Kier molecular flexibility index (Phi) is 6.79. The van der Waals surface area contributed by atoms with Crippen molar-refractivity contribution in [2.45, 2.75) is 13.0 Å². The molecule has 2 aromatic carbocycles. The summed E-state index contributed by atoms with van der Waals surface area (Å²) in [6, 6.07) is 21.5. The number of thiophene rings is 1. The number of nitrogens with zero attached hydrogens (tertiary/aromatic N) is 3. The van der Waals surface area contributed by atoms with Crippen molar-refractivity contribution < 1.29 is 9.59 Å². The van der Waals surface area contributed by atoms with E-state index in [0.717, 1.165) is 32.6 Å². The van der Waals surface area contributed by atoms with E-state index in [1.54, 1.807) is 11.9 Å². The highest BCUT2D eigenvalue weighted by atomic mass is 32.1. The Morgan fingerprint density at radius 3 is 2.45 bits per heavy atom. The van der Waals surface area contributed by atoms with E-state index in [9.17, 15) is 9.59 Å². The van der Waals surface area contributed by atoms with Gasteiger partial charge >= 0.3 is 0 Å². The van der Waals surface area contributed by atoms with E-state index >= 15 is 0 Å². The Morgan fingerprint density at radius 2 is 1.68 bits per heavy atom. The van der Waals surface area contributed by atoms with Gasteiger partial charge < -0.3 is 9.80 Å². The highest BCUT2D eigenvalue weighted by Gasteiger charge is 2.25. The minimum absolute atomic E-state index is 0.0111. The topological polar surface area (TPSA) is 43.9 Å². The Labute approximate surface area is 187 Å². The molecule has 0 N–H and O–H groups in total. The SMILES string of the molecule is CN(C(=O)c1cccs1)c1ccccc1C(=O)N1CCCN(Cc2ccccc2)CC1. The zero-order chi connectivity index (χ0) is 21.6. The van der Waals surface area contributed by atoms with E-state index in [1.807, 2.05) is 52.7 Å². The zero-order valence-corrected chi connectivity index (χ0v) is 18.6. The molecule has 1 aliphatic heterocycles. The lowest BCUT2D eigenvalue weighted by Gasteiger charge is -2.25. The summed E-state index contributed by atoms with van der Waals surface area (Å²) in [5.74, 6) is -0.108. The third-order valence-corrected chi connectivity index (χ3v) is 6.52. The van der Waals surface area contributed by atoms with Gasteiger partial charge in [-0.25, -0.2) is 0 Å². The molecule has 4 rings (SSSR count). The van der Waals surface area contributed by atoms with E-state index in [1.165, 1.54) is 16.9 Å². The van der Waals surface area contributed by atoms with Crippen LogP contribution in [-0.2, 0) is 6.54 Å². The second-order valence-electron chi connectivity index (χ2n) is 7.77. The average molecular weight is 434 g/mol. The number of benzene rings is 2. The van der Waals surface area contributed by atoms with Crippen molar-refractivity contribution in [3.05, 3.63) is 88.1 Å². The van der Waals surface area contributed by atoms with Gasteiger partial charge in [-0.15, -0.1) is 11.3 Å². The summed E-state index contributed by atoms with van der Waals surface area (Å²) in [5.41, 5.74) is 2.52. The Balaban J connectivity index is 1.46. The molecule has 1 fully saturated rings. The summed E-state index contributed by atoms with van der Waals surface area (Å²) < 4.78 is 0. The van der Waals surface area contributed by atoms with E-state index in [2.05, 4.69) is 29.2 Å². The number of carbonyl (C=O) groups excluding carboxylic acids is 2. The van der Waals surface area contributed by atoms with Gasteiger partial charge in [-0.2, -0.15) is 0 Å². The van der Waals surface area contributed by atoms with Crippen molar-refractivity contribution >= 4 is 28.8 Å². The van der Waals surface area contributed by atoms with E-state index in [-0.39, 0.29) is 11.8 Å². The van der Waals surface area contributed by atoms with Gasteiger partial charge in [0.15, 0.2) is 0 Å². The van der Waals surface area contributed by atoms with Gasteiger partial charge in [-0.05, 0) is 35.6 Å². The Bertz CT molecular complexity index is 1020. The highest BCUT2D eigenvalue weighted by Crippen LogP contribution is 2.24. The largest absolute Gasteiger partial charge is 0.337 e. The van der Waals surface area contributed by atoms with Crippen molar-refractivity contribution in [1.29, 1.82) is 0 Å². The Morgan fingerprint density at radius 1 is 0.903 bits per heavy atom. The summed E-state index contributed by atoms with van der Waals surface area (Å²) in [7, 11) is 1.73. The van der Waals surface area contributed by atoms with E-state index in [0.29, 0.717) is 22.7 Å². The van der Waals surface area contributed by atoms with Crippen LogP contribution in [0.5, 0.6) is 0 Å². The predicted octanol–water partition coefficient (Wildman–Crippen LogP) is 4.37. The summed E-state index contributed by atoms with van der Waals surface area (Å²) >= 11 is 1.41. The second-order valence-corrected chi connectivity index (χ2v) is 8.71. The first-order valence-electron chi connectivity index (χ1n) is 10.6. The van der Waals surface area contributed by atoms with Gasteiger partial charge in [-0.3, -0.25) is 14.5 Å². The summed E-state index contributed by atoms with van der Waals surface area (Å²) in [6.45, 7) is 4.12. The molecule has 3 aromatic rings. The van der Waals surface area contributed by atoms with Crippen LogP contribution in [-0.4, -0.2) is 54.8 Å². The van der Waals surface area contributed by atoms with Crippen LogP contribution in [0.1, 0.15) is 32.0 Å². The van der Waals surface area contributed by atoms with Gasteiger partial charge in [0.05, 0.1) is 16.1 Å². The maximum absolute atomic E-state index is 13.4. The molecule has 0 spiro atoms. The third kappa shape index (κ3) is 5.03. The minimum atomic E-state index is -0.0971. The molecule has 6 heteroatoms. The molecule has 0 aliphatic carbocycles. The average Bonchev–Trinajstić information content (AvgIpc) is 3.25. The van der Waals surface area contributed by atoms with Crippen LogP contribution in [0, 0.1) is 0 Å². The molecular weight excluding hydrogens is 406 g/mol. The molecule has 0 bridgehead atoms. The number of hydrogen-bond donors (Lipinski definition) is 0. The first-order chi connectivity index (χ1) is 15.1.